The molecule has 2 nitrogen and oxygen atoms in total. The maximum atomic E-state index is 9.46. The molecule has 0 saturated carbocycles. The summed E-state index contributed by atoms with van der Waals surface area (Å²) < 4.78 is 2.00. The van der Waals surface area contributed by atoms with Crippen LogP contribution in [0.4, 0.5) is 0 Å². The minimum atomic E-state index is -0.356. The van der Waals surface area contributed by atoms with Gasteiger partial charge in [-0.1, -0.05) is 6.58 Å². The van der Waals surface area contributed by atoms with Crippen LogP contribution < -0.4 is 0 Å². The molecule has 0 atom stereocenters. The number of nitrogens with zero attached hydrogens (tertiary/aromatic N) is 1. The predicted molar refractivity (Wildman–Crippen MR) is 54.9 cm³/mol. The molecule has 1 aromatic rings. The molecule has 0 aliphatic carbocycles. The van der Waals surface area contributed by atoms with Crippen LogP contribution in [0.3, 0.4) is 0 Å². The summed E-state index contributed by atoms with van der Waals surface area (Å²) in [4.78, 5) is 0. The van der Waals surface area contributed by atoms with E-state index in [2.05, 4.69) is 6.58 Å². The van der Waals surface area contributed by atoms with Gasteiger partial charge in [-0.05, 0) is 31.9 Å². The van der Waals surface area contributed by atoms with Gasteiger partial charge in [0.15, 0.2) is 0 Å². The van der Waals surface area contributed by atoms with E-state index in [0.717, 1.165) is 5.56 Å². The number of aryl methyl sites for hydroxylation is 2. The summed E-state index contributed by atoms with van der Waals surface area (Å²) in [7, 11) is 1.98. The van der Waals surface area contributed by atoms with Crippen molar-refractivity contribution in [1.29, 1.82) is 0 Å². The van der Waals surface area contributed by atoms with Crippen LogP contribution in [0.2, 0.25) is 0 Å². The molecule has 1 rings (SSSR count). The SMILES string of the molecule is C=C(O)C(C)(C)c1cn(C)cc1C. The Balaban J connectivity index is 3.21. The lowest BCUT2D eigenvalue weighted by Gasteiger charge is -2.23. The average Bonchev–Trinajstić information content (AvgIpc) is 2.30. The number of aliphatic hydroxyl groups is 1. The van der Waals surface area contributed by atoms with Crippen molar-refractivity contribution in [3.05, 3.63) is 35.9 Å². The Morgan fingerprint density at radius 3 is 2.31 bits per heavy atom. The third-order valence-corrected chi connectivity index (χ3v) is 2.55. The Morgan fingerprint density at radius 2 is 2.00 bits per heavy atom. The number of hydrogen-bond donors (Lipinski definition) is 1. The van der Waals surface area contributed by atoms with Crippen molar-refractivity contribution < 1.29 is 5.11 Å². The van der Waals surface area contributed by atoms with Crippen LogP contribution in [0, 0.1) is 6.92 Å². The number of aliphatic hydroxyl groups excluding tert-OH is 1. The van der Waals surface area contributed by atoms with Crippen LogP contribution in [0.15, 0.2) is 24.7 Å². The topological polar surface area (TPSA) is 25.2 Å². The molecule has 2 heteroatoms. The third kappa shape index (κ3) is 1.62. The van der Waals surface area contributed by atoms with Crippen LogP contribution in [0.25, 0.3) is 0 Å². The molecule has 0 aromatic carbocycles. The summed E-state index contributed by atoms with van der Waals surface area (Å²) in [6.45, 7) is 9.58. The second-order valence-corrected chi connectivity index (χ2v) is 4.09. The minimum absolute atomic E-state index is 0.210. The van der Waals surface area contributed by atoms with Crippen molar-refractivity contribution in [2.24, 2.45) is 7.05 Å². The zero-order valence-electron chi connectivity index (χ0n) is 8.76. The number of hydrogen-bond acceptors (Lipinski definition) is 1. The van der Waals surface area contributed by atoms with Crippen LogP contribution in [-0.4, -0.2) is 9.67 Å². The van der Waals surface area contributed by atoms with E-state index >= 15 is 0 Å². The first-order valence-corrected chi connectivity index (χ1v) is 4.37. The van der Waals surface area contributed by atoms with Gasteiger partial charge in [0.2, 0.25) is 0 Å². The fraction of sp³-hybridized carbons (Fsp3) is 0.455. The Labute approximate surface area is 79.5 Å². The lowest BCUT2D eigenvalue weighted by Crippen LogP contribution is -2.19. The molecule has 0 saturated heterocycles. The highest BCUT2D eigenvalue weighted by atomic mass is 16.3. The van der Waals surface area contributed by atoms with E-state index in [1.807, 2.05) is 44.8 Å². The van der Waals surface area contributed by atoms with Gasteiger partial charge in [0.25, 0.3) is 0 Å². The predicted octanol–water partition coefficient (Wildman–Crippen LogP) is 2.68. The monoisotopic (exact) mass is 179 g/mol. The zero-order valence-corrected chi connectivity index (χ0v) is 8.76. The van der Waals surface area contributed by atoms with Crippen LogP contribution in [0.1, 0.15) is 25.0 Å². The lowest BCUT2D eigenvalue weighted by atomic mass is 9.83. The summed E-state index contributed by atoms with van der Waals surface area (Å²) >= 11 is 0. The Kier molecular flexibility index (Phi) is 2.24. The molecule has 1 heterocycles. The largest absolute Gasteiger partial charge is 0.512 e. The summed E-state index contributed by atoms with van der Waals surface area (Å²) in [5.74, 6) is 0.210. The first-order chi connectivity index (χ1) is 5.85. The van der Waals surface area contributed by atoms with Crippen molar-refractivity contribution in [3.63, 3.8) is 0 Å². The van der Waals surface area contributed by atoms with E-state index in [0.29, 0.717) is 0 Å². The van der Waals surface area contributed by atoms with Gasteiger partial charge in [0, 0.05) is 24.9 Å². The van der Waals surface area contributed by atoms with Gasteiger partial charge in [-0.15, -0.1) is 0 Å². The van der Waals surface area contributed by atoms with Gasteiger partial charge in [-0.25, -0.2) is 0 Å². The highest BCUT2D eigenvalue weighted by Crippen LogP contribution is 2.31. The quantitative estimate of drug-likeness (QED) is 0.694. The van der Waals surface area contributed by atoms with Crippen LogP contribution in [0.5, 0.6) is 0 Å². The maximum absolute atomic E-state index is 9.46. The molecule has 0 spiro atoms. The van der Waals surface area contributed by atoms with Crippen molar-refractivity contribution in [3.8, 4) is 0 Å². The molecule has 72 valence electrons. The normalized spacial score (nSPS) is 11.7. The second-order valence-electron chi connectivity index (χ2n) is 4.09. The molecule has 1 aromatic heterocycles. The zero-order chi connectivity index (χ0) is 10.2. The highest BCUT2D eigenvalue weighted by molar-refractivity contribution is 5.35. The molecular formula is C11H17NO. The number of rotatable bonds is 2. The lowest BCUT2D eigenvalue weighted by molar-refractivity contribution is 0.323. The molecule has 0 unspecified atom stereocenters. The van der Waals surface area contributed by atoms with E-state index in [1.54, 1.807) is 0 Å². The molecule has 0 aliphatic rings. The van der Waals surface area contributed by atoms with E-state index in [-0.39, 0.29) is 11.2 Å². The molecule has 1 N–H and O–H groups in total. The van der Waals surface area contributed by atoms with Gasteiger partial charge in [-0.3, -0.25) is 0 Å². The standard InChI is InChI=1S/C11H17NO/c1-8-6-12(5)7-10(8)11(3,4)9(2)13/h6-7,13H,2H2,1,3-5H3. The summed E-state index contributed by atoms with van der Waals surface area (Å²) in [6, 6.07) is 0. The summed E-state index contributed by atoms with van der Waals surface area (Å²) in [6.07, 6.45) is 4.07. The van der Waals surface area contributed by atoms with E-state index in [1.165, 1.54) is 5.56 Å². The number of aromatic nitrogens is 1. The Morgan fingerprint density at radius 1 is 1.46 bits per heavy atom. The van der Waals surface area contributed by atoms with Gasteiger partial charge in [-0.2, -0.15) is 0 Å². The van der Waals surface area contributed by atoms with Gasteiger partial charge >= 0.3 is 0 Å². The van der Waals surface area contributed by atoms with Gasteiger partial charge in [0.05, 0.1) is 5.76 Å². The Bertz CT molecular complexity index is 334. The molecule has 0 radical (unpaired) electrons. The molecule has 0 aliphatic heterocycles. The van der Waals surface area contributed by atoms with Crippen molar-refractivity contribution >= 4 is 0 Å². The van der Waals surface area contributed by atoms with E-state index in [4.69, 9.17) is 0 Å². The summed E-state index contributed by atoms with van der Waals surface area (Å²) in [5.41, 5.74) is 1.95. The molecule has 0 bridgehead atoms. The second kappa shape index (κ2) is 2.95. The van der Waals surface area contributed by atoms with Crippen molar-refractivity contribution in [2.45, 2.75) is 26.2 Å². The third-order valence-electron chi connectivity index (χ3n) is 2.55. The first kappa shape index (κ1) is 9.90. The van der Waals surface area contributed by atoms with Gasteiger partial charge < -0.3 is 9.67 Å². The smallest absolute Gasteiger partial charge is 0.0951 e. The van der Waals surface area contributed by atoms with Crippen molar-refractivity contribution in [2.75, 3.05) is 0 Å². The fourth-order valence-electron chi connectivity index (χ4n) is 1.53. The maximum Gasteiger partial charge on any atom is 0.0951 e. The van der Waals surface area contributed by atoms with Crippen LogP contribution in [-0.2, 0) is 12.5 Å². The highest BCUT2D eigenvalue weighted by Gasteiger charge is 2.26. The van der Waals surface area contributed by atoms with E-state index in [9.17, 15) is 5.11 Å². The van der Waals surface area contributed by atoms with Crippen molar-refractivity contribution in [1.82, 2.24) is 4.57 Å². The van der Waals surface area contributed by atoms with Gasteiger partial charge in [0.1, 0.15) is 0 Å². The first-order valence-electron chi connectivity index (χ1n) is 4.37. The van der Waals surface area contributed by atoms with Crippen LogP contribution >= 0.6 is 0 Å². The molecule has 0 fully saturated rings. The summed E-state index contributed by atoms with van der Waals surface area (Å²) in [5, 5.41) is 9.46. The number of allylic oxidation sites excluding steroid dienone is 1. The molecule has 13 heavy (non-hydrogen) atoms. The van der Waals surface area contributed by atoms with E-state index < -0.39 is 0 Å². The average molecular weight is 179 g/mol. The minimum Gasteiger partial charge on any atom is -0.512 e. The molecular weight excluding hydrogens is 162 g/mol. The Hall–Kier alpha value is -1.18. The molecule has 0 amide bonds. The fourth-order valence-corrected chi connectivity index (χ4v) is 1.53.